The Morgan fingerprint density at radius 1 is 0.737 bits per heavy atom. The van der Waals surface area contributed by atoms with E-state index in [-0.39, 0.29) is 18.0 Å². The smallest absolute Gasteiger partial charge is 0.171 e. The average Bonchev–Trinajstić information content (AvgIpc) is 3.44. The first kappa shape index (κ1) is 25.7. The summed E-state index contributed by atoms with van der Waals surface area (Å²) >= 11 is 0. The number of allylic oxidation sites excluding steroid dienone is 6. The highest BCUT2D eigenvalue weighted by Crippen LogP contribution is 2.48. The average molecular weight is 505 g/mol. The van der Waals surface area contributed by atoms with E-state index in [2.05, 4.69) is 74.1 Å². The van der Waals surface area contributed by atoms with E-state index in [1.165, 1.54) is 23.3 Å². The van der Waals surface area contributed by atoms with Crippen molar-refractivity contribution in [3.05, 3.63) is 106 Å². The maximum atomic E-state index is 14.3. The van der Waals surface area contributed by atoms with Crippen LogP contribution in [0.1, 0.15) is 69.5 Å². The number of benzene rings is 2. The van der Waals surface area contributed by atoms with Gasteiger partial charge in [-0.05, 0) is 88.8 Å². The summed E-state index contributed by atoms with van der Waals surface area (Å²) in [6.45, 7) is 8.41. The van der Waals surface area contributed by atoms with Crippen molar-refractivity contribution in [3.63, 3.8) is 0 Å². The minimum absolute atomic E-state index is 0.0225. The fourth-order valence-electron chi connectivity index (χ4n) is 6.02. The topological polar surface area (TPSA) is 65.7 Å². The number of aromatic nitrogens is 2. The number of rotatable bonds is 8. The first-order chi connectivity index (χ1) is 18.3. The van der Waals surface area contributed by atoms with Crippen LogP contribution in [-0.2, 0) is 27.8 Å². The molecule has 2 aromatic heterocycles. The molecule has 0 radical (unpaired) electrons. The molecule has 0 unspecified atom stereocenters. The Balaban J connectivity index is 1.84. The van der Waals surface area contributed by atoms with Gasteiger partial charge in [0.05, 0.1) is 5.41 Å². The number of fused-ring (bicyclic) bond motifs is 2. The summed E-state index contributed by atoms with van der Waals surface area (Å²) in [4.78, 5) is 34.9. The standard InChI is InChI=1S/C34H36N2O2/c1-22(2)11-9-17-29-32(25-13-5-7-15-27(25)35-29)34(21-24(37)19-20-31(34)38)33-26-14-6-8-16-28(26)36-30(33)18-10-12-23(3)4/h5-8,11-16,19-20,35-36H,9-10,17-18,21H2,1-4H3. The summed E-state index contributed by atoms with van der Waals surface area (Å²) in [5, 5.41) is 2.02. The Morgan fingerprint density at radius 2 is 1.21 bits per heavy atom. The van der Waals surface area contributed by atoms with Gasteiger partial charge in [0.2, 0.25) is 0 Å². The van der Waals surface area contributed by atoms with Gasteiger partial charge in [0.25, 0.3) is 0 Å². The molecule has 5 rings (SSSR count). The molecule has 0 amide bonds. The van der Waals surface area contributed by atoms with E-state index < -0.39 is 5.41 Å². The highest BCUT2D eigenvalue weighted by atomic mass is 16.1. The second-order valence-electron chi connectivity index (χ2n) is 10.9. The van der Waals surface area contributed by atoms with E-state index >= 15 is 0 Å². The summed E-state index contributed by atoms with van der Waals surface area (Å²) in [5.41, 5.74) is 7.37. The molecule has 0 bridgehead atoms. The lowest BCUT2D eigenvalue weighted by atomic mass is 9.63. The molecular formula is C34H36N2O2. The predicted octanol–water partition coefficient (Wildman–Crippen LogP) is 7.83. The van der Waals surface area contributed by atoms with Crippen LogP contribution in [-0.4, -0.2) is 21.5 Å². The summed E-state index contributed by atoms with van der Waals surface area (Å²) in [6, 6.07) is 16.4. The number of aryl methyl sites for hydroxylation is 2. The molecule has 38 heavy (non-hydrogen) atoms. The third-order valence-corrected chi connectivity index (χ3v) is 7.60. The Bertz CT molecular complexity index is 1510. The monoisotopic (exact) mass is 504 g/mol. The van der Waals surface area contributed by atoms with Gasteiger partial charge in [0.1, 0.15) is 0 Å². The molecule has 0 spiro atoms. The molecule has 4 nitrogen and oxygen atoms in total. The summed E-state index contributed by atoms with van der Waals surface area (Å²) < 4.78 is 0. The lowest BCUT2D eigenvalue weighted by Gasteiger charge is -2.35. The zero-order chi connectivity index (χ0) is 26.9. The van der Waals surface area contributed by atoms with Gasteiger partial charge in [0, 0.05) is 39.6 Å². The van der Waals surface area contributed by atoms with Crippen LogP contribution in [0.2, 0.25) is 0 Å². The van der Waals surface area contributed by atoms with E-state index in [4.69, 9.17) is 0 Å². The molecule has 0 saturated heterocycles. The van der Waals surface area contributed by atoms with Gasteiger partial charge >= 0.3 is 0 Å². The first-order valence-electron chi connectivity index (χ1n) is 13.5. The Labute approximate surface area is 224 Å². The molecule has 194 valence electrons. The van der Waals surface area contributed by atoms with Gasteiger partial charge in [-0.3, -0.25) is 9.59 Å². The van der Waals surface area contributed by atoms with E-state index in [0.29, 0.717) is 0 Å². The predicted molar refractivity (Wildman–Crippen MR) is 157 cm³/mol. The molecule has 1 aliphatic carbocycles. The Morgan fingerprint density at radius 3 is 1.68 bits per heavy atom. The molecule has 0 atom stereocenters. The number of carbonyl (C=O) groups excluding carboxylic acids is 2. The second-order valence-corrected chi connectivity index (χ2v) is 10.9. The van der Waals surface area contributed by atoms with Gasteiger partial charge in [-0.2, -0.15) is 0 Å². The summed E-state index contributed by atoms with van der Waals surface area (Å²) in [5.74, 6) is -0.0517. The van der Waals surface area contributed by atoms with Gasteiger partial charge in [0.15, 0.2) is 11.6 Å². The van der Waals surface area contributed by atoms with Gasteiger partial charge in [-0.25, -0.2) is 0 Å². The summed E-state index contributed by atoms with van der Waals surface area (Å²) in [6.07, 6.45) is 10.8. The number of carbonyl (C=O) groups is 2. The van der Waals surface area contributed by atoms with Crippen molar-refractivity contribution in [2.45, 2.75) is 65.2 Å². The Hall–Kier alpha value is -3.92. The van der Waals surface area contributed by atoms with Gasteiger partial charge in [-0.15, -0.1) is 0 Å². The number of aromatic amines is 2. The van der Waals surface area contributed by atoms with Crippen molar-refractivity contribution >= 4 is 33.4 Å². The number of H-pyrrole nitrogens is 2. The molecule has 2 aromatic carbocycles. The van der Waals surface area contributed by atoms with Crippen molar-refractivity contribution in [1.29, 1.82) is 0 Å². The highest BCUT2D eigenvalue weighted by Gasteiger charge is 2.49. The SMILES string of the molecule is CC(C)=CCCc1[nH]c2ccccc2c1C1(c2c(CCC=C(C)C)[nH]c3ccccc23)CC(=O)C=CC1=O. The van der Waals surface area contributed by atoms with E-state index in [1.54, 1.807) is 0 Å². The third-order valence-electron chi connectivity index (χ3n) is 7.60. The fourth-order valence-corrected chi connectivity index (χ4v) is 6.02. The molecule has 0 fully saturated rings. The van der Waals surface area contributed by atoms with Crippen LogP contribution in [0.4, 0.5) is 0 Å². The lowest BCUT2D eigenvalue weighted by molar-refractivity contribution is -0.125. The molecule has 4 aromatic rings. The minimum Gasteiger partial charge on any atom is -0.358 e. The largest absolute Gasteiger partial charge is 0.358 e. The zero-order valence-electron chi connectivity index (χ0n) is 22.8. The quantitative estimate of drug-likeness (QED) is 0.240. The second kappa shape index (κ2) is 10.4. The van der Waals surface area contributed by atoms with Crippen LogP contribution in [0.5, 0.6) is 0 Å². The van der Waals surface area contributed by atoms with Crippen LogP contribution >= 0.6 is 0 Å². The molecule has 0 saturated carbocycles. The van der Waals surface area contributed by atoms with Crippen molar-refractivity contribution in [3.8, 4) is 0 Å². The number of nitrogens with one attached hydrogen (secondary N) is 2. The van der Waals surface area contributed by atoms with E-state index in [9.17, 15) is 9.59 Å². The molecule has 0 aliphatic heterocycles. The van der Waals surface area contributed by atoms with Crippen LogP contribution in [0.3, 0.4) is 0 Å². The number of ketones is 2. The molecule has 4 heteroatoms. The van der Waals surface area contributed by atoms with Crippen LogP contribution in [0.15, 0.2) is 84.0 Å². The summed E-state index contributed by atoms with van der Waals surface area (Å²) in [7, 11) is 0. The van der Waals surface area contributed by atoms with Crippen molar-refractivity contribution in [2.75, 3.05) is 0 Å². The maximum absolute atomic E-state index is 14.3. The minimum atomic E-state index is -1.11. The number of hydrogen-bond donors (Lipinski definition) is 2. The van der Waals surface area contributed by atoms with Crippen LogP contribution in [0, 0.1) is 0 Å². The molecule has 2 N–H and O–H groups in total. The number of para-hydroxylation sites is 2. The van der Waals surface area contributed by atoms with Crippen LogP contribution < -0.4 is 0 Å². The molecule has 2 heterocycles. The van der Waals surface area contributed by atoms with Crippen molar-refractivity contribution in [1.82, 2.24) is 9.97 Å². The molecular weight excluding hydrogens is 468 g/mol. The van der Waals surface area contributed by atoms with E-state index in [1.807, 2.05) is 24.3 Å². The van der Waals surface area contributed by atoms with Gasteiger partial charge < -0.3 is 9.97 Å². The number of hydrogen-bond acceptors (Lipinski definition) is 2. The van der Waals surface area contributed by atoms with Crippen molar-refractivity contribution in [2.24, 2.45) is 0 Å². The van der Waals surface area contributed by atoms with E-state index in [0.717, 1.165) is 70.0 Å². The highest BCUT2D eigenvalue weighted by molar-refractivity contribution is 6.16. The Kier molecular flexibility index (Phi) is 7.07. The van der Waals surface area contributed by atoms with Gasteiger partial charge in [-0.1, -0.05) is 59.7 Å². The first-order valence-corrected chi connectivity index (χ1v) is 13.5. The molecule has 1 aliphatic rings. The maximum Gasteiger partial charge on any atom is 0.171 e. The third kappa shape index (κ3) is 4.60. The lowest BCUT2D eigenvalue weighted by Crippen LogP contribution is -2.42. The zero-order valence-corrected chi connectivity index (χ0v) is 22.8. The van der Waals surface area contributed by atoms with Crippen molar-refractivity contribution < 1.29 is 9.59 Å². The normalized spacial score (nSPS) is 14.8. The fraction of sp³-hybridized carbons (Fsp3) is 0.294. The van der Waals surface area contributed by atoms with Crippen LogP contribution in [0.25, 0.3) is 21.8 Å².